The Kier molecular flexibility index (Phi) is 3.25. The fourth-order valence-electron chi connectivity index (χ4n) is 3.71. The summed E-state index contributed by atoms with van der Waals surface area (Å²) in [5.41, 5.74) is 0. The molecule has 0 saturated heterocycles. The number of hydrogen-bond donors (Lipinski definition) is 0. The summed E-state index contributed by atoms with van der Waals surface area (Å²) in [6.45, 7) is 0.432. The molecule has 1 aromatic heterocycles. The minimum absolute atomic E-state index is 0.162. The van der Waals surface area contributed by atoms with Gasteiger partial charge in [-0.2, -0.15) is 0 Å². The lowest BCUT2D eigenvalue weighted by atomic mass is 9.85. The number of furan rings is 1. The molecule has 3 rings (SSSR count). The Morgan fingerprint density at radius 3 is 2.94 bits per heavy atom. The second-order valence-electron chi connectivity index (χ2n) is 5.76. The van der Waals surface area contributed by atoms with Gasteiger partial charge in [0.1, 0.15) is 12.4 Å². The SMILES string of the molecule is COCc1ccc(C(=O)CC2CC3CCC2C3)o1. The molecule has 3 nitrogen and oxygen atoms in total. The zero-order valence-corrected chi connectivity index (χ0v) is 10.9. The van der Waals surface area contributed by atoms with Gasteiger partial charge in [-0.05, 0) is 49.1 Å². The third-order valence-corrected chi connectivity index (χ3v) is 4.56. The van der Waals surface area contributed by atoms with E-state index in [4.69, 9.17) is 9.15 Å². The first-order chi connectivity index (χ1) is 8.76. The quantitative estimate of drug-likeness (QED) is 0.749. The van der Waals surface area contributed by atoms with E-state index in [1.165, 1.54) is 25.7 Å². The third-order valence-electron chi connectivity index (χ3n) is 4.56. The Morgan fingerprint density at radius 2 is 2.28 bits per heavy atom. The minimum Gasteiger partial charge on any atom is -0.456 e. The Hall–Kier alpha value is -1.09. The molecule has 1 heterocycles. The van der Waals surface area contributed by atoms with Crippen LogP contribution in [0.2, 0.25) is 0 Å². The van der Waals surface area contributed by atoms with Gasteiger partial charge in [0, 0.05) is 13.5 Å². The Labute approximate surface area is 108 Å². The van der Waals surface area contributed by atoms with Gasteiger partial charge in [0.05, 0.1) is 0 Å². The summed E-state index contributed by atoms with van der Waals surface area (Å²) in [4.78, 5) is 12.2. The maximum Gasteiger partial charge on any atom is 0.198 e. The number of Topliss-reactive ketones (excluding diaryl/α,β-unsaturated/α-hetero) is 1. The Morgan fingerprint density at radius 1 is 1.39 bits per heavy atom. The van der Waals surface area contributed by atoms with E-state index in [1.807, 2.05) is 6.07 Å². The lowest BCUT2D eigenvalue weighted by Gasteiger charge is -2.20. The van der Waals surface area contributed by atoms with Crippen molar-refractivity contribution in [3.8, 4) is 0 Å². The van der Waals surface area contributed by atoms with Gasteiger partial charge in [-0.15, -0.1) is 0 Å². The van der Waals surface area contributed by atoms with Crippen molar-refractivity contribution in [2.24, 2.45) is 17.8 Å². The molecular formula is C15H20O3. The average molecular weight is 248 g/mol. The van der Waals surface area contributed by atoms with E-state index in [9.17, 15) is 4.79 Å². The molecule has 2 fully saturated rings. The van der Waals surface area contributed by atoms with Crippen LogP contribution in [0.25, 0.3) is 0 Å². The molecule has 3 unspecified atom stereocenters. The molecule has 3 atom stereocenters. The first kappa shape index (κ1) is 12.0. The van der Waals surface area contributed by atoms with Gasteiger partial charge in [0.25, 0.3) is 0 Å². The van der Waals surface area contributed by atoms with Gasteiger partial charge in [0.2, 0.25) is 0 Å². The molecule has 2 aliphatic carbocycles. The van der Waals surface area contributed by atoms with E-state index >= 15 is 0 Å². The van der Waals surface area contributed by atoms with Crippen LogP contribution in [0.5, 0.6) is 0 Å². The van der Waals surface area contributed by atoms with E-state index in [0.29, 0.717) is 24.7 Å². The fraction of sp³-hybridized carbons (Fsp3) is 0.667. The van der Waals surface area contributed by atoms with Gasteiger partial charge in [0.15, 0.2) is 11.5 Å². The van der Waals surface area contributed by atoms with E-state index < -0.39 is 0 Å². The molecular weight excluding hydrogens is 228 g/mol. The van der Waals surface area contributed by atoms with Crippen molar-refractivity contribution in [2.45, 2.75) is 38.7 Å². The smallest absolute Gasteiger partial charge is 0.198 e. The molecule has 0 amide bonds. The lowest BCUT2D eigenvalue weighted by Crippen LogP contribution is -2.15. The van der Waals surface area contributed by atoms with Crippen molar-refractivity contribution in [1.29, 1.82) is 0 Å². The van der Waals surface area contributed by atoms with Crippen LogP contribution in [-0.2, 0) is 11.3 Å². The van der Waals surface area contributed by atoms with Gasteiger partial charge < -0.3 is 9.15 Å². The summed E-state index contributed by atoms with van der Waals surface area (Å²) in [6, 6.07) is 3.61. The second kappa shape index (κ2) is 4.88. The summed E-state index contributed by atoms with van der Waals surface area (Å²) < 4.78 is 10.5. The summed E-state index contributed by atoms with van der Waals surface area (Å²) in [5.74, 6) is 3.70. The van der Waals surface area contributed by atoms with Crippen molar-refractivity contribution < 1.29 is 13.9 Å². The maximum atomic E-state index is 12.2. The van der Waals surface area contributed by atoms with Crippen molar-refractivity contribution >= 4 is 5.78 Å². The van der Waals surface area contributed by atoms with Gasteiger partial charge >= 0.3 is 0 Å². The molecule has 0 aromatic carbocycles. The summed E-state index contributed by atoms with van der Waals surface area (Å²) in [7, 11) is 1.62. The minimum atomic E-state index is 0.162. The summed E-state index contributed by atoms with van der Waals surface area (Å²) in [5, 5.41) is 0. The molecule has 0 radical (unpaired) electrons. The number of rotatable bonds is 5. The van der Waals surface area contributed by atoms with Crippen LogP contribution < -0.4 is 0 Å². The first-order valence-corrected chi connectivity index (χ1v) is 6.87. The summed E-state index contributed by atoms with van der Waals surface area (Å²) >= 11 is 0. The highest BCUT2D eigenvalue weighted by Gasteiger charge is 2.40. The normalized spacial score (nSPS) is 29.9. The van der Waals surface area contributed by atoms with Crippen LogP contribution in [0, 0.1) is 17.8 Å². The Bertz CT molecular complexity index is 435. The molecule has 0 aliphatic heterocycles. The van der Waals surface area contributed by atoms with E-state index in [1.54, 1.807) is 13.2 Å². The third kappa shape index (κ3) is 2.24. The zero-order chi connectivity index (χ0) is 12.5. The highest BCUT2D eigenvalue weighted by Crippen LogP contribution is 2.49. The second-order valence-corrected chi connectivity index (χ2v) is 5.76. The first-order valence-electron chi connectivity index (χ1n) is 6.87. The number of ether oxygens (including phenoxy) is 1. The molecule has 0 N–H and O–H groups in total. The molecule has 2 saturated carbocycles. The number of ketones is 1. The predicted molar refractivity (Wildman–Crippen MR) is 67.3 cm³/mol. The van der Waals surface area contributed by atoms with Crippen LogP contribution in [0.3, 0.4) is 0 Å². The topological polar surface area (TPSA) is 39.4 Å². The highest BCUT2D eigenvalue weighted by atomic mass is 16.5. The van der Waals surface area contributed by atoms with Crippen LogP contribution in [0.15, 0.2) is 16.5 Å². The Balaban J connectivity index is 1.60. The van der Waals surface area contributed by atoms with E-state index in [-0.39, 0.29) is 5.78 Å². The molecule has 98 valence electrons. The van der Waals surface area contributed by atoms with Crippen LogP contribution in [0.1, 0.15) is 48.4 Å². The van der Waals surface area contributed by atoms with Gasteiger partial charge in [-0.3, -0.25) is 4.79 Å². The van der Waals surface area contributed by atoms with Crippen LogP contribution >= 0.6 is 0 Å². The fourth-order valence-corrected chi connectivity index (χ4v) is 3.71. The largest absolute Gasteiger partial charge is 0.456 e. The predicted octanol–water partition coefficient (Wildman–Crippen LogP) is 3.44. The van der Waals surface area contributed by atoms with Crippen molar-refractivity contribution in [3.63, 3.8) is 0 Å². The molecule has 2 aliphatic rings. The van der Waals surface area contributed by atoms with Crippen LogP contribution in [0.4, 0.5) is 0 Å². The molecule has 1 aromatic rings. The number of methoxy groups -OCH3 is 1. The van der Waals surface area contributed by atoms with E-state index in [0.717, 1.165) is 17.6 Å². The summed E-state index contributed by atoms with van der Waals surface area (Å²) in [6.07, 6.45) is 5.98. The lowest BCUT2D eigenvalue weighted by molar-refractivity contribution is 0.0908. The van der Waals surface area contributed by atoms with Crippen molar-refractivity contribution in [3.05, 3.63) is 23.7 Å². The monoisotopic (exact) mass is 248 g/mol. The number of fused-ring (bicyclic) bond motifs is 2. The number of carbonyl (C=O) groups excluding carboxylic acids is 1. The molecule has 2 bridgehead atoms. The highest BCUT2D eigenvalue weighted by molar-refractivity contribution is 5.93. The average Bonchev–Trinajstić information content (AvgIpc) is 3.04. The maximum absolute atomic E-state index is 12.2. The number of hydrogen-bond acceptors (Lipinski definition) is 3. The number of carbonyl (C=O) groups is 1. The van der Waals surface area contributed by atoms with Gasteiger partial charge in [-0.25, -0.2) is 0 Å². The van der Waals surface area contributed by atoms with Crippen molar-refractivity contribution in [1.82, 2.24) is 0 Å². The zero-order valence-electron chi connectivity index (χ0n) is 10.9. The molecule has 0 spiro atoms. The van der Waals surface area contributed by atoms with Crippen molar-refractivity contribution in [2.75, 3.05) is 7.11 Å². The van der Waals surface area contributed by atoms with Crippen LogP contribution in [-0.4, -0.2) is 12.9 Å². The van der Waals surface area contributed by atoms with E-state index in [2.05, 4.69) is 0 Å². The standard InChI is InChI=1S/C15H20O3/c1-17-9-13-4-5-15(18-13)14(16)8-12-7-10-2-3-11(12)6-10/h4-5,10-12H,2-3,6-9H2,1H3. The molecule has 3 heteroatoms. The van der Waals surface area contributed by atoms with Gasteiger partial charge in [-0.1, -0.05) is 6.42 Å². The molecule has 18 heavy (non-hydrogen) atoms.